The van der Waals surface area contributed by atoms with E-state index in [1.807, 2.05) is 6.07 Å². The van der Waals surface area contributed by atoms with Crippen LogP contribution in [0.1, 0.15) is 6.42 Å². The van der Waals surface area contributed by atoms with Gasteiger partial charge in [0.2, 0.25) is 11.8 Å². The van der Waals surface area contributed by atoms with Gasteiger partial charge in [-0.2, -0.15) is 0 Å². The smallest absolute Gasteiger partial charge is 0.233 e. The third-order valence-corrected chi connectivity index (χ3v) is 3.03. The van der Waals surface area contributed by atoms with Crippen LogP contribution in [0.2, 0.25) is 0 Å². The Balaban J connectivity index is 1.89. The van der Waals surface area contributed by atoms with Crippen molar-refractivity contribution in [3.63, 3.8) is 0 Å². The number of nitrogens with one attached hydrogen (secondary N) is 2. The van der Waals surface area contributed by atoms with Gasteiger partial charge in [-0.3, -0.25) is 9.59 Å². The average molecular weight is 351 g/mol. The van der Waals surface area contributed by atoms with E-state index in [1.165, 1.54) is 18.2 Å². The van der Waals surface area contributed by atoms with Gasteiger partial charge in [-0.1, -0.05) is 28.1 Å². The van der Waals surface area contributed by atoms with Crippen molar-refractivity contribution in [1.29, 1.82) is 0 Å². The zero-order chi connectivity index (χ0) is 15.2. The molecule has 0 radical (unpaired) electrons. The van der Waals surface area contributed by atoms with Crippen LogP contribution in [0.4, 0.5) is 15.8 Å². The Labute approximate surface area is 129 Å². The summed E-state index contributed by atoms with van der Waals surface area (Å²) in [7, 11) is 0. The van der Waals surface area contributed by atoms with Crippen molar-refractivity contribution in [1.82, 2.24) is 0 Å². The highest BCUT2D eigenvalue weighted by Gasteiger charge is 2.10. The molecule has 0 unspecified atom stereocenters. The highest BCUT2D eigenvalue weighted by Crippen LogP contribution is 2.16. The summed E-state index contributed by atoms with van der Waals surface area (Å²) >= 11 is 3.29. The Morgan fingerprint density at radius 1 is 0.952 bits per heavy atom. The molecular weight excluding hydrogens is 339 g/mol. The maximum atomic E-state index is 13.0. The van der Waals surface area contributed by atoms with Crippen LogP contribution in [-0.4, -0.2) is 11.8 Å². The molecule has 0 aromatic heterocycles. The van der Waals surface area contributed by atoms with E-state index in [2.05, 4.69) is 26.6 Å². The number of benzene rings is 2. The highest BCUT2D eigenvalue weighted by molar-refractivity contribution is 9.10. The summed E-state index contributed by atoms with van der Waals surface area (Å²) in [6, 6.07) is 12.5. The summed E-state index contributed by atoms with van der Waals surface area (Å²) in [5, 5.41) is 5.07. The van der Waals surface area contributed by atoms with Gasteiger partial charge >= 0.3 is 0 Å². The number of carbonyl (C=O) groups excluding carboxylic acids is 2. The fourth-order valence-electron chi connectivity index (χ4n) is 1.69. The van der Waals surface area contributed by atoms with Crippen LogP contribution >= 0.6 is 15.9 Å². The van der Waals surface area contributed by atoms with Crippen molar-refractivity contribution in [3.8, 4) is 0 Å². The van der Waals surface area contributed by atoms with Crippen LogP contribution in [-0.2, 0) is 9.59 Å². The molecular formula is C15H12BrFN2O2. The Morgan fingerprint density at radius 2 is 1.52 bits per heavy atom. The summed E-state index contributed by atoms with van der Waals surface area (Å²) in [6.07, 6.45) is -0.344. The van der Waals surface area contributed by atoms with Crippen LogP contribution in [0.3, 0.4) is 0 Å². The normalized spacial score (nSPS) is 10.0. The minimum absolute atomic E-state index is 0.315. The predicted molar refractivity (Wildman–Crippen MR) is 82.4 cm³/mol. The van der Waals surface area contributed by atoms with E-state index in [9.17, 15) is 14.0 Å². The summed E-state index contributed by atoms with van der Waals surface area (Å²) in [5.74, 6) is -1.40. The van der Waals surface area contributed by atoms with E-state index in [-0.39, 0.29) is 6.42 Å². The Morgan fingerprint density at radius 3 is 2.10 bits per heavy atom. The van der Waals surface area contributed by atoms with Crippen LogP contribution in [0.15, 0.2) is 53.0 Å². The molecule has 0 saturated heterocycles. The second kappa shape index (κ2) is 6.99. The minimum Gasteiger partial charge on any atom is -0.326 e. The predicted octanol–water partition coefficient (Wildman–Crippen LogP) is 3.56. The van der Waals surface area contributed by atoms with E-state index < -0.39 is 17.6 Å². The lowest BCUT2D eigenvalue weighted by atomic mass is 10.2. The zero-order valence-corrected chi connectivity index (χ0v) is 12.5. The van der Waals surface area contributed by atoms with Gasteiger partial charge in [0.05, 0.1) is 0 Å². The first-order valence-corrected chi connectivity index (χ1v) is 6.93. The Kier molecular flexibility index (Phi) is 5.05. The Hall–Kier alpha value is -2.21. The molecule has 2 aromatic rings. The number of anilines is 2. The topological polar surface area (TPSA) is 58.2 Å². The average Bonchev–Trinajstić information content (AvgIpc) is 2.38. The van der Waals surface area contributed by atoms with Crippen molar-refractivity contribution in [3.05, 3.63) is 58.8 Å². The molecule has 0 atom stereocenters. The summed E-state index contributed by atoms with van der Waals surface area (Å²) < 4.78 is 13.8. The lowest BCUT2D eigenvalue weighted by Crippen LogP contribution is -2.21. The van der Waals surface area contributed by atoms with Crippen LogP contribution in [0.25, 0.3) is 0 Å². The zero-order valence-electron chi connectivity index (χ0n) is 10.9. The van der Waals surface area contributed by atoms with E-state index >= 15 is 0 Å². The number of amides is 2. The molecule has 0 aliphatic rings. The molecule has 2 rings (SSSR count). The summed E-state index contributed by atoms with van der Waals surface area (Å²) in [5.41, 5.74) is 0.906. The third kappa shape index (κ3) is 5.00. The van der Waals surface area contributed by atoms with Gasteiger partial charge < -0.3 is 10.6 Å². The van der Waals surface area contributed by atoms with E-state index in [4.69, 9.17) is 0 Å². The van der Waals surface area contributed by atoms with Crippen LogP contribution in [0.5, 0.6) is 0 Å². The number of hydrogen-bond acceptors (Lipinski definition) is 2. The van der Waals surface area contributed by atoms with Gasteiger partial charge in [-0.05, 0) is 36.4 Å². The van der Waals surface area contributed by atoms with Crippen molar-refractivity contribution in [2.45, 2.75) is 6.42 Å². The molecule has 0 heterocycles. The SMILES string of the molecule is O=C(CC(=O)Nc1cccc(Br)c1)Nc1cccc(F)c1. The number of carbonyl (C=O) groups is 2. The molecule has 0 aliphatic carbocycles. The van der Waals surface area contributed by atoms with E-state index in [1.54, 1.807) is 24.3 Å². The van der Waals surface area contributed by atoms with Gasteiger partial charge in [-0.15, -0.1) is 0 Å². The lowest BCUT2D eigenvalue weighted by Gasteiger charge is -2.07. The molecule has 108 valence electrons. The first-order valence-electron chi connectivity index (χ1n) is 6.14. The van der Waals surface area contributed by atoms with Gasteiger partial charge in [0.1, 0.15) is 12.2 Å². The number of hydrogen-bond donors (Lipinski definition) is 2. The van der Waals surface area contributed by atoms with Gasteiger partial charge in [-0.25, -0.2) is 4.39 Å². The molecule has 0 saturated carbocycles. The highest BCUT2D eigenvalue weighted by atomic mass is 79.9. The molecule has 2 amide bonds. The number of halogens is 2. The summed E-state index contributed by atoms with van der Waals surface area (Å²) in [6.45, 7) is 0. The van der Waals surface area contributed by atoms with Crippen LogP contribution in [0, 0.1) is 5.82 Å². The lowest BCUT2D eigenvalue weighted by molar-refractivity contribution is -0.123. The maximum Gasteiger partial charge on any atom is 0.233 e. The van der Waals surface area contributed by atoms with Crippen LogP contribution < -0.4 is 10.6 Å². The largest absolute Gasteiger partial charge is 0.326 e. The van der Waals surface area contributed by atoms with Crippen molar-refractivity contribution >= 4 is 39.1 Å². The number of rotatable bonds is 4. The fourth-order valence-corrected chi connectivity index (χ4v) is 2.09. The molecule has 0 bridgehead atoms. The maximum absolute atomic E-state index is 13.0. The summed E-state index contributed by atoms with van der Waals surface area (Å²) in [4.78, 5) is 23.4. The van der Waals surface area contributed by atoms with E-state index in [0.29, 0.717) is 11.4 Å². The van der Waals surface area contributed by atoms with Gasteiger partial charge in [0.15, 0.2) is 0 Å². The molecule has 21 heavy (non-hydrogen) atoms. The van der Waals surface area contributed by atoms with Gasteiger partial charge in [0, 0.05) is 15.8 Å². The molecule has 2 N–H and O–H groups in total. The second-order valence-corrected chi connectivity index (χ2v) is 5.21. The second-order valence-electron chi connectivity index (χ2n) is 4.29. The standard InChI is InChI=1S/C15H12BrFN2O2/c16-10-3-1-5-12(7-10)18-14(20)9-15(21)19-13-6-2-4-11(17)8-13/h1-8H,9H2,(H,18,20)(H,19,21). The molecule has 4 nitrogen and oxygen atoms in total. The van der Waals surface area contributed by atoms with Crippen molar-refractivity contribution in [2.75, 3.05) is 10.6 Å². The molecule has 0 aliphatic heterocycles. The first kappa shape index (κ1) is 15.2. The van der Waals surface area contributed by atoms with Crippen molar-refractivity contribution in [2.24, 2.45) is 0 Å². The third-order valence-electron chi connectivity index (χ3n) is 2.54. The molecule has 2 aromatic carbocycles. The first-order chi connectivity index (χ1) is 10.0. The quantitative estimate of drug-likeness (QED) is 0.828. The molecule has 6 heteroatoms. The van der Waals surface area contributed by atoms with Crippen molar-refractivity contribution < 1.29 is 14.0 Å². The Bertz CT molecular complexity index is 619. The van der Waals surface area contributed by atoms with Gasteiger partial charge in [0.25, 0.3) is 0 Å². The van der Waals surface area contributed by atoms with E-state index in [0.717, 1.165) is 4.47 Å². The monoisotopic (exact) mass is 350 g/mol. The molecule has 0 spiro atoms. The minimum atomic E-state index is -0.506. The molecule has 0 fully saturated rings. The fraction of sp³-hybridized carbons (Fsp3) is 0.0667.